The maximum absolute atomic E-state index is 12.5. The zero-order valence-electron chi connectivity index (χ0n) is 13.6. The summed E-state index contributed by atoms with van der Waals surface area (Å²) in [7, 11) is 0. The molecule has 2 atom stereocenters. The fourth-order valence-electron chi connectivity index (χ4n) is 2.50. The first kappa shape index (κ1) is 18.6. The van der Waals surface area contributed by atoms with Gasteiger partial charge in [0.05, 0.1) is 19.0 Å². The monoisotopic (exact) mass is 310 g/mol. The number of rotatable bonds is 8. The highest BCUT2D eigenvalue weighted by atomic mass is 16.2. The average molecular weight is 310 g/mol. The molecule has 0 aromatic rings. The molecule has 6 nitrogen and oxygen atoms in total. The second kappa shape index (κ2) is 9.56. The maximum atomic E-state index is 12.5. The van der Waals surface area contributed by atoms with Crippen LogP contribution in [-0.4, -0.2) is 48.2 Å². The van der Waals surface area contributed by atoms with Crippen molar-refractivity contribution < 1.29 is 14.4 Å². The molecule has 0 aliphatic carbocycles. The molecule has 3 N–H and O–H groups in total. The Morgan fingerprint density at radius 3 is 2.86 bits per heavy atom. The first-order valence-electron chi connectivity index (χ1n) is 8.13. The summed E-state index contributed by atoms with van der Waals surface area (Å²) >= 11 is 0. The quantitative estimate of drug-likeness (QED) is 0.688. The van der Waals surface area contributed by atoms with Crippen molar-refractivity contribution in [1.82, 2.24) is 10.2 Å². The minimum Gasteiger partial charge on any atom is -0.369 e. The van der Waals surface area contributed by atoms with Crippen molar-refractivity contribution in [2.75, 3.05) is 19.6 Å². The van der Waals surface area contributed by atoms with Gasteiger partial charge in [-0.2, -0.15) is 0 Å². The van der Waals surface area contributed by atoms with Crippen molar-refractivity contribution in [3.63, 3.8) is 0 Å². The number of hydrogen-bond acceptors (Lipinski definition) is 4. The molecule has 1 saturated heterocycles. The van der Waals surface area contributed by atoms with Crippen LogP contribution in [0.25, 0.3) is 0 Å². The summed E-state index contributed by atoms with van der Waals surface area (Å²) in [5.74, 6) is -0.887. The summed E-state index contributed by atoms with van der Waals surface area (Å²) in [6.45, 7) is 5.45. The zero-order valence-corrected chi connectivity index (χ0v) is 13.6. The highest BCUT2D eigenvalue weighted by Gasteiger charge is 2.30. The predicted molar refractivity (Wildman–Crippen MR) is 84.8 cm³/mol. The SMILES string of the molecule is CCCCN(C(=O)[CH]CC(C)C(N)=O)[C@H]1CCCNCC1=O. The van der Waals surface area contributed by atoms with E-state index in [1.165, 1.54) is 6.42 Å². The van der Waals surface area contributed by atoms with Gasteiger partial charge in [-0.05, 0) is 32.2 Å². The van der Waals surface area contributed by atoms with Gasteiger partial charge in [0.15, 0.2) is 5.78 Å². The van der Waals surface area contributed by atoms with Gasteiger partial charge in [0.2, 0.25) is 11.8 Å². The minimum absolute atomic E-state index is 0.0679. The number of nitrogens with zero attached hydrogens (tertiary/aromatic N) is 1. The fraction of sp³-hybridized carbons (Fsp3) is 0.750. The van der Waals surface area contributed by atoms with Crippen molar-refractivity contribution in [1.29, 1.82) is 0 Å². The van der Waals surface area contributed by atoms with Gasteiger partial charge in [-0.3, -0.25) is 14.4 Å². The number of carbonyl (C=O) groups is 3. The summed E-state index contributed by atoms with van der Waals surface area (Å²) < 4.78 is 0. The van der Waals surface area contributed by atoms with Crippen LogP contribution in [0.4, 0.5) is 0 Å². The molecule has 0 bridgehead atoms. The number of carbonyl (C=O) groups excluding carboxylic acids is 3. The maximum Gasteiger partial charge on any atom is 0.227 e. The fourth-order valence-corrected chi connectivity index (χ4v) is 2.50. The molecule has 0 spiro atoms. The molecule has 1 fully saturated rings. The van der Waals surface area contributed by atoms with E-state index in [2.05, 4.69) is 12.2 Å². The number of amides is 2. The third-order valence-electron chi connectivity index (χ3n) is 4.05. The Hall–Kier alpha value is -1.43. The molecule has 6 heteroatoms. The van der Waals surface area contributed by atoms with Crippen LogP contribution < -0.4 is 11.1 Å². The van der Waals surface area contributed by atoms with E-state index in [0.29, 0.717) is 25.9 Å². The molecule has 1 radical (unpaired) electrons. The zero-order chi connectivity index (χ0) is 16.5. The number of unbranched alkanes of at least 4 members (excludes halogenated alkanes) is 1. The molecule has 125 valence electrons. The Morgan fingerprint density at radius 2 is 2.23 bits per heavy atom. The number of Topliss-reactive ketones (excluding diaryl/α,β-unsaturated/α-hetero) is 1. The van der Waals surface area contributed by atoms with Crippen molar-refractivity contribution in [3.8, 4) is 0 Å². The van der Waals surface area contributed by atoms with Crippen LogP contribution in [0.1, 0.15) is 46.0 Å². The summed E-state index contributed by atoms with van der Waals surface area (Å²) in [6.07, 6.45) is 5.21. The first-order chi connectivity index (χ1) is 10.5. The summed E-state index contributed by atoms with van der Waals surface area (Å²) in [5.41, 5.74) is 5.22. The van der Waals surface area contributed by atoms with Crippen molar-refractivity contribution in [2.24, 2.45) is 11.7 Å². The van der Waals surface area contributed by atoms with Gasteiger partial charge in [-0.25, -0.2) is 0 Å². The van der Waals surface area contributed by atoms with E-state index in [1.807, 2.05) is 0 Å². The molecule has 2 amide bonds. The largest absolute Gasteiger partial charge is 0.369 e. The number of primary amides is 1. The van der Waals surface area contributed by atoms with E-state index >= 15 is 0 Å². The van der Waals surface area contributed by atoms with Crippen LogP contribution in [0.15, 0.2) is 0 Å². The van der Waals surface area contributed by atoms with Crippen LogP contribution >= 0.6 is 0 Å². The summed E-state index contributed by atoms with van der Waals surface area (Å²) in [4.78, 5) is 37.4. The Morgan fingerprint density at radius 1 is 1.50 bits per heavy atom. The topological polar surface area (TPSA) is 92.5 Å². The smallest absolute Gasteiger partial charge is 0.227 e. The molecule has 22 heavy (non-hydrogen) atoms. The van der Waals surface area contributed by atoms with Gasteiger partial charge >= 0.3 is 0 Å². The van der Waals surface area contributed by atoms with Crippen LogP contribution in [0.3, 0.4) is 0 Å². The molecule has 1 heterocycles. The van der Waals surface area contributed by atoms with E-state index in [1.54, 1.807) is 11.8 Å². The summed E-state index contributed by atoms with van der Waals surface area (Å²) in [5, 5.41) is 3.08. The van der Waals surface area contributed by atoms with Gasteiger partial charge in [0, 0.05) is 12.5 Å². The molecule has 0 aromatic heterocycles. The molecule has 1 rings (SSSR count). The average Bonchev–Trinajstić information content (AvgIpc) is 2.70. The Kier molecular flexibility index (Phi) is 8.09. The van der Waals surface area contributed by atoms with E-state index < -0.39 is 5.91 Å². The van der Waals surface area contributed by atoms with Gasteiger partial charge < -0.3 is 16.0 Å². The number of nitrogens with one attached hydrogen (secondary N) is 1. The van der Waals surface area contributed by atoms with Crippen LogP contribution in [0.2, 0.25) is 0 Å². The molecular weight excluding hydrogens is 282 g/mol. The van der Waals surface area contributed by atoms with Gasteiger partial charge in [-0.1, -0.05) is 20.3 Å². The van der Waals surface area contributed by atoms with E-state index in [4.69, 9.17) is 5.73 Å². The molecular formula is C16H28N3O3. The Balaban J connectivity index is 2.70. The first-order valence-corrected chi connectivity index (χ1v) is 8.13. The lowest BCUT2D eigenvalue weighted by Crippen LogP contribution is -2.47. The molecule has 0 aromatic carbocycles. The second-order valence-corrected chi connectivity index (χ2v) is 5.93. The van der Waals surface area contributed by atoms with Gasteiger partial charge in [0.25, 0.3) is 0 Å². The minimum atomic E-state index is -0.418. The Labute approximate surface area is 132 Å². The van der Waals surface area contributed by atoms with Gasteiger partial charge in [-0.15, -0.1) is 0 Å². The van der Waals surface area contributed by atoms with Crippen molar-refractivity contribution >= 4 is 17.6 Å². The van der Waals surface area contributed by atoms with Crippen LogP contribution in [0.5, 0.6) is 0 Å². The molecule has 0 saturated carbocycles. The van der Waals surface area contributed by atoms with E-state index in [0.717, 1.165) is 25.8 Å². The molecule has 1 aliphatic heterocycles. The predicted octanol–water partition coefficient (Wildman–Crippen LogP) is 0.652. The van der Waals surface area contributed by atoms with Crippen molar-refractivity contribution in [2.45, 2.75) is 52.0 Å². The lowest BCUT2D eigenvalue weighted by molar-refractivity contribution is -0.137. The highest BCUT2D eigenvalue weighted by molar-refractivity contribution is 5.93. The molecule has 1 unspecified atom stereocenters. The lowest BCUT2D eigenvalue weighted by atomic mass is 10.0. The van der Waals surface area contributed by atoms with Gasteiger partial charge in [0.1, 0.15) is 0 Å². The van der Waals surface area contributed by atoms with E-state index in [9.17, 15) is 14.4 Å². The van der Waals surface area contributed by atoms with Crippen LogP contribution in [0, 0.1) is 12.3 Å². The third kappa shape index (κ3) is 5.75. The third-order valence-corrected chi connectivity index (χ3v) is 4.05. The summed E-state index contributed by atoms with van der Waals surface area (Å²) in [6, 6.07) is -0.353. The standard InChI is InChI=1S/C16H28N3O3/c1-3-4-10-19(13-6-5-9-18-11-14(13)20)15(21)8-7-12(2)16(17)22/h8,12-13,18H,3-7,9-11H2,1-2H3,(H2,17,22)/t12?,13-/m0/s1. The van der Waals surface area contributed by atoms with E-state index in [-0.39, 0.29) is 23.7 Å². The number of ketones is 1. The Bertz CT molecular complexity index is 398. The number of nitrogens with two attached hydrogens (primary N) is 1. The lowest BCUT2D eigenvalue weighted by Gasteiger charge is -2.30. The van der Waals surface area contributed by atoms with Crippen LogP contribution in [-0.2, 0) is 14.4 Å². The molecule has 1 aliphatic rings. The second-order valence-electron chi connectivity index (χ2n) is 5.93. The normalized spacial score (nSPS) is 20.3. The van der Waals surface area contributed by atoms with Crippen molar-refractivity contribution in [3.05, 3.63) is 6.42 Å². The highest BCUT2D eigenvalue weighted by Crippen LogP contribution is 2.15. The number of hydrogen-bond donors (Lipinski definition) is 2.